The van der Waals surface area contributed by atoms with E-state index in [1.807, 2.05) is 12.1 Å². The Balaban J connectivity index is 2.91. The molecule has 0 saturated carbocycles. The number of hydrogen-bond donors (Lipinski definition) is 0. The minimum absolute atomic E-state index is 0.401. The molecule has 0 aromatic heterocycles. The van der Waals surface area contributed by atoms with Gasteiger partial charge in [0.15, 0.2) is 9.84 Å². The van der Waals surface area contributed by atoms with Gasteiger partial charge in [0.25, 0.3) is 0 Å². The van der Waals surface area contributed by atoms with E-state index in [0.29, 0.717) is 11.3 Å². The minimum atomic E-state index is -3.47. The summed E-state index contributed by atoms with van der Waals surface area (Å²) < 4.78 is 27.3. The lowest BCUT2D eigenvalue weighted by Crippen LogP contribution is -2.20. The van der Waals surface area contributed by atoms with Gasteiger partial charge in [-0.3, -0.25) is 0 Å². The molecule has 222 valence electrons. The van der Waals surface area contributed by atoms with Crippen LogP contribution in [-0.4, -0.2) is 13.7 Å². The van der Waals surface area contributed by atoms with Crippen LogP contribution in [0, 0.1) is 0 Å². The van der Waals surface area contributed by atoms with Crippen LogP contribution in [0.1, 0.15) is 120 Å². The molecular weight excluding hydrogens is 508 g/mol. The van der Waals surface area contributed by atoms with Gasteiger partial charge in [-0.25, -0.2) is 8.42 Å². The lowest BCUT2D eigenvalue weighted by Gasteiger charge is -2.16. The summed E-state index contributed by atoms with van der Waals surface area (Å²) in [5.41, 5.74) is 7.90. The highest BCUT2D eigenvalue weighted by Crippen LogP contribution is 2.25. The van der Waals surface area contributed by atoms with Crippen LogP contribution in [0.25, 0.3) is 0 Å². The fraction of sp³-hybridized carbons (Fsp3) is 0.514. The summed E-state index contributed by atoms with van der Waals surface area (Å²) in [6, 6.07) is 8.91. The van der Waals surface area contributed by atoms with E-state index in [1.54, 1.807) is 24.3 Å². The van der Waals surface area contributed by atoms with Crippen LogP contribution in [0.15, 0.2) is 105 Å². The average Bonchev–Trinajstić information content (AvgIpc) is 2.88. The molecule has 1 aromatic rings. The third-order valence-electron chi connectivity index (χ3n) is 7.20. The molecule has 0 aliphatic heterocycles. The first-order chi connectivity index (χ1) is 18.9. The number of sulfone groups is 1. The van der Waals surface area contributed by atoms with Gasteiger partial charge in [-0.1, -0.05) is 95.0 Å². The highest BCUT2D eigenvalue weighted by Gasteiger charge is 2.25. The Morgan fingerprint density at radius 1 is 0.625 bits per heavy atom. The fourth-order valence-corrected chi connectivity index (χ4v) is 6.51. The van der Waals surface area contributed by atoms with Gasteiger partial charge in [0.2, 0.25) is 0 Å². The molecule has 1 rings (SSSR count). The van der Waals surface area contributed by atoms with Crippen LogP contribution in [0.5, 0.6) is 0 Å². The predicted octanol–water partition coefficient (Wildman–Crippen LogP) is 11.4. The normalized spacial score (nSPS) is 14.8. The maximum Gasteiger partial charge on any atom is 0.185 e. The van der Waals surface area contributed by atoms with Crippen LogP contribution < -0.4 is 0 Å². The molecule has 1 atom stereocenters. The Hall–Kier alpha value is -2.39. The maximum atomic E-state index is 13.7. The third-order valence-corrected chi connectivity index (χ3v) is 9.23. The zero-order valence-corrected chi connectivity index (χ0v) is 27.5. The van der Waals surface area contributed by atoms with Crippen molar-refractivity contribution in [3.63, 3.8) is 0 Å². The summed E-state index contributed by atoms with van der Waals surface area (Å²) in [5, 5.41) is -0.557. The van der Waals surface area contributed by atoms with E-state index in [0.717, 1.165) is 68.9 Å². The second-order valence-corrected chi connectivity index (χ2v) is 13.8. The van der Waals surface area contributed by atoms with Gasteiger partial charge in [-0.15, -0.1) is 0 Å². The van der Waals surface area contributed by atoms with E-state index in [-0.39, 0.29) is 0 Å². The molecule has 0 aliphatic carbocycles. The van der Waals surface area contributed by atoms with Gasteiger partial charge in [0.05, 0.1) is 10.1 Å². The summed E-state index contributed by atoms with van der Waals surface area (Å²) in [6.45, 7) is 17.2. The molecule has 0 radical (unpaired) electrons. The van der Waals surface area contributed by atoms with Gasteiger partial charge in [-0.2, -0.15) is 0 Å². The zero-order chi connectivity index (χ0) is 30.0. The van der Waals surface area contributed by atoms with E-state index < -0.39 is 15.1 Å². The van der Waals surface area contributed by atoms with Crippen molar-refractivity contribution >= 4 is 9.84 Å². The van der Waals surface area contributed by atoms with Crippen molar-refractivity contribution in [1.82, 2.24) is 0 Å². The summed E-state index contributed by atoms with van der Waals surface area (Å²) in [7, 11) is -3.47. The first kappa shape index (κ1) is 35.6. The molecule has 0 bridgehead atoms. The second kappa shape index (κ2) is 19.6. The lowest BCUT2D eigenvalue weighted by molar-refractivity contribution is 0.586. The maximum absolute atomic E-state index is 13.7. The quantitative estimate of drug-likeness (QED) is 0.166. The van der Waals surface area contributed by atoms with Crippen molar-refractivity contribution in [2.24, 2.45) is 0 Å². The average molecular weight is 565 g/mol. The Bertz CT molecular complexity index is 1170. The predicted molar refractivity (Wildman–Crippen MR) is 177 cm³/mol. The van der Waals surface area contributed by atoms with Gasteiger partial charge in [0, 0.05) is 0 Å². The van der Waals surface area contributed by atoms with Gasteiger partial charge in [-0.05, 0) is 125 Å². The fourth-order valence-electron chi connectivity index (χ4n) is 4.73. The number of benzene rings is 1. The van der Waals surface area contributed by atoms with Crippen LogP contribution in [0.2, 0.25) is 0 Å². The first-order valence-electron chi connectivity index (χ1n) is 15.2. The molecule has 0 spiro atoms. The van der Waals surface area contributed by atoms with Crippen molar-refractivity contribution in [3.05, 3.63) is 100 Å². The molecule has 0 fully saturated rings. The van der Waals surface area contributed by atoms with E-state index in [1.165, 1.54) is 22.3 Å². The lowest BCUT2D eigenvalue weighted by atomic mass is 10.0. The minimum Gasteiger partial charge on any atom is -0.223 e. The molecule has 0 N–H and O–H groups in total. The largest absolute Gasteiger partial charge is 0.223 e. The second-order valence-electron chi connectivity index (χ2n) is 11.7. The van der Waals surface area contributed by atoms with Crippen LogP contribution in [-0.2, 0) is 9.84 Å². The smallest absolute Gasteiger partial charge is 0.185 e. The summed E-state index contributed by atoms with van der Waals surface area (Å²) in [4.78, 5) is 0.401. The van der Waals surface area contributed by atoms with E-state index in [9.17, 15) is 8.42 Å². The summed E-state index contributed by atoms with van der Waals surface area (Å²) in [5.74, 6) is 0. The monoisotopic (exact) mass is 564 g/mol. The highest BCUT2D eigenvalue weighted by molar-refractivity contribution is 7.92. The molecule has 0 aliphatic rings. The first-order valence-corrected chi connectivity index (χ1v) is 16.7. The number of allylic oxidation sites excluding steroid dienone is 11. The SMILES string of the molecule is CC/C=C(\C)CC/C=C(\C)CC/C=C(\C)CC(/C=C(\C)CC/C=C(\C)CCC=C(C)C)S(=O)(=O)c1ccccc1. The molecule has 1 aromatic carbocycles. The Morgan fingerprint density at radius 3 is 1.57 bits per heavy atom. The van der Waals surface area contributed by atoms with E-state index in [4.69, 9.17) is 0 Å². The molecule has 40 heavy (non-hydrogen) atoms. The Morgan fingerprint density at radius 2 is 1.07 bits per heavy atom. The van der Waals surface area contributed by atoms with Crippen LogP contribution >= 0.6 is 0 Å². The van der Waals surface area contributed by atoms with Crippen molar-refractivity contribution in [2.75, 3.05) is 0 Å². The van der Waals surface area contributed by atoms with Gasteiger partial charge < -0.3 is 0 Å². The molecule has 2 nitrogen and oxygen atoms in total. The van der Waals surface area contributed by atoms with Crippen molar-refractivity contribution < 1.29 is 8.42 Å². The van der Waals surface area contributed by atoms with Gasteiger partial charge in [0.1, 0.15) is 0 Å². The summed E-state index contributed by atoms with van der Waals surface area (Å²) >= 11 is 0. The van der Waals surface area contributed by atoms with E-state index in [2.05, 4.69) is 85.8 Å². The Kier molecular flexibility index (Phi) is 17.5. The standard InChI is InChI=1S/C37H56O2S/c1-9-17-31(4)20-14-21-33(6)23-16-25-35(8)29-37(40(38,39)36-26-11-10-12-27-36)28-34(7)24-15-22-32(5)19-13-18-30(2)3/h10-12,17-18,21-22,25-28,37H,9,13-16,19-20,23-24,29H2,1-8H3/b31-17+,32-22+,33-21+,34-28+,35-25+. The number of rotatable bonds is 18. The third kappa shape index (κ3) is 15.4. The van der Waals surface area contributed by atoms with Crippen molar-refractivity contribution in [1.29, 1.82) is 0 Å². The van der Waals surface area contributed by atoms with Gasteiger partial charge >= 0.3 is 0 Å². The topological polar surface area (TPSA) is 34.1 Å². The van der Waals surface area contributed by atoms with Crippen LogP contribution in [0.3, 0.4) is 0 Å². The van der Waals surface area contributed by atoms with E-state index >= 15 is 0 Å². The summed E-state index contributed by atoms with van der Waals surface area (Å²) in [6.07, 6.45) is 23.2. The molecule has 3 heteroatoms. The molecule has 0 heterocycles. The van der Waals surface area contributed by atoms with Crippen LogP contribution in [0.4, 0.5) is 0 Å². The molecule has 1 unspecified atom stereocenters. The van der Waals surface area contributed by atoms with Crippen molar-refractivity contribution in [3.8, 4) is 0 Å². The highest BCUT2D eigenvalue weighted by atomic mass is 32.2. The zero-order valence-electron chi connectivity index (χ0n) is 26.7. The molecular formula is C37H56O2S. The molecule has 0 amide bonds. The Labute approximate surface area is 247 Å². The number of hydrogen-bond acceptors (Lipinski definition) is 2. The van der Waals surface area contributed by atoms with Crippen molar-refractivity contribution in [2.45, 2.75) is 130 Å². The molecule has 0 saturated heterocycles.